The van der Waals surface area contributed by atoms with E-state index < -0.39 is 64.3 Å². The Morgan fingerprint density at radius 2 is 1.70 bits per heavy atom. The fourth-order valence-corrected chi connectivity index (χ4v) is 4.48. The number of anilines is 1. The fourth-order valence-electron chi connectivity index (χ4n) is 4.48. The molecule has 15 heteroatoms. The summed E-state index contributed by atoms with van der Waals surface area (Å²) in [6, 6.07) is 3.30. The zero-order valence-electron chi connectivity index (χ0n) is 22.8. The Hall–Kier alpha value is -5.08. The first kappa shape index (κ1) is 30.9. The lowest BCUT2D eigenvalue weighted by Crippen LogP contribution is -2.43. The molecule has 0 fully saturated rings. The number of carbonyl (C=O) groups is 2. The second kappa shape index (κ2) is 11.7. The molecule has 10 nitrogen and oxygen atoms in total. The van der Waals surface area contributed by atoms with Gasteiger partial charge in [-0.25, -0.2) is 18.4 Å². The maximum absolute atomic E-state index is 14.7. The van der Waals surface area contributed by atoms with Crippen molar-refractivity contribution in [1.82, 2.24) is 19.4 Å². The predicted molar refractivity (Wildman–Crippen MR) is 146 cm³/mol. The monoisotopic (exact) mass is 605 g/mol. The summed E-state index contributed by atoms with van der Waals surface area (Å²) in [6.07, 6.45) is -2.29. The van der Waals surface area contributed by atoms with Crippen LogP contribution in [0.25, 0.3) is 22.0 Å². The number of alkyl halides is 3. The molecule has 0 unspecified atom stereocenters. The number of carbonyl (C=O) groups excluding carboxylic acids is 1. The molecule has 4 aromatic rings. The van der Waals surface area contributed by atoms with Gasteiger partial charge in [-0.05, 0) is 30.7 Å². The number of hydrogen-bond acceptors (Lipinski definition) is 6. The number of aryl methyl sites for hydroxylation is 1. The molecule has 226 valence electrons. The van der Waals surface area contributed by atoms with E-state index in [1.807, 2.05) is 5.32 Å². The lowest BCUT2D eigenvalue weighted by Gasteiger charge is -2.20. The standard InChI is InChI=1S/C28H24F5N5O5/c1-13(28(31,32)33)35-15-10-19(29)22(20(30)11-15)24(39)36-21(26(41)42)9-14-6-7-17(23-16(14)5-4-8-34-23)18-12-37(2)27(43)38(3)25(18)40/h4-8,10-13,21,35H,9H2,1-3H3,(H,36,39)(H,41,42)/t13-,21+/m1/s1. The van der Waals surface area contributed by atoms with Gasteiger partial charge in [-0.3, -0.25) is 19.1 Å². The van der Waals surface area contributed by atoms with Crippen LogP contribution in [0.2, 0.25) is 0 Å². The van der Waals surface area contributed by atoms with Crippen LogP contribution in [-0.2, 0) is 25.3 Å². The second-order valence-corrected chi connectivity index (χ2v) is 9.76. The summed E-state index contributed by atoms with van der Waals surface area (Å²) in [5.74, 6) is -5.99. The number of carboxylic acid groups (broad SMARTS) is 1. The predicted octanol–water partition coefficient (Wildman–Crippen LogP) is 3.37. The molecule has 0 aliphatic rings. The summed E-state index contributed by atoms with van der Waals surface area (Å²) >= 11 is 0. The summed E-state index contributed by atoms with van der Waals surface area (Å²) in [5.41, 5.74) is -1.74. The number of hydrogen-bond donors (Lipinski definition) is 3. The summed E-state index contributed by atoms with van der Waals surface area (Å²) in [5, 5.41) is 14.2. The number of amides is 1. The van der Waals surface area contributed by atoms with E-state index in [0.717, 1.165) is 11.5 Å². The maximum atomic E-state index is 14.7. The van der Waals surface area contributed by atoms with Crippen LogP contribution in [0.4, 0.5) is 27.6 Å². The molecule has 1 amide bonds. The highest BCUT2D eigenvalue weighted by Gasteiger charge is 2.36. The van der Waals surface area contributed by atoms with E-state index in [0.29, 0.717) is 34.2 Å². The van der Waals surface area contributed by atoms with Gasteiger partial charge in [0.2, 0.25) is 0 Å². The Kier molecular flexibility index (Phi) is 8.37. The quantitative estimate of drug-likeness (QED) is 0.262. The first-order valence-corrected chi connectivity index (χ1v) is 12.6. The van der Waals surface area contributed by atoms with Gasteiger partial charge in [-0.15, -0.1) is 0 Å². The summed E-state index contributed by atoms with van der Waals surface area (Å²) in [7, 11) is 2.78. The van der Waals surface area contributed by atoms with Crippen LogP contribution in [-0.4, -0.2) is 49.4 Å². The van der Waals surface area contributed by atoms with Crippen molar-refractivity contribution in [2.24, 2.45) is 14.1 Å². The Morgan fingerprint density at radius 1 is 1.05 bits per heavy atom. The smallest absolute Gasteiger partial charge is 0.408 e. The van der Waals surface area contributed by atoms with Crippen molar-refractivity contribution in [3.63, 3.8) is 0 Å². The number of rotatable bonds is 8. The second-order valence-electron chi connectivity index (χ2n) is 9.76. The molecule has 4 rings (SSSR count). The van der Waals surface area contributed by atoms with E-state index in [2.05, 4.69) is 10.3 Å². The number of aromatic nitrogens is 3. The van der Waals surface area contributed by atoms with Gasteiger partial charge < -0.3 is 20.3 Å². The zero-order valence-corrected chi connectivity index (χ0v) is 22.8. The maximum Gasteiger partial charge on any atom is 0.408 e. The first-order valence-electron chi connectivity index (χ1n) is 12.6. The first-order chi connectivity index (χ1) is 20.1. The van der Waals surface area contributed by atoms with Gasteiger partial charge in [-0.1, -0.05) is 18.2 Å². The van der Waals surface area contributed by atoms with Crippen molar-refractivity contribution in [2.75, 3.05) is 5.32 Å². The summed E-state index contributed by atoms with van der Waals surface area (Å²) < 4.78 is 69.9. The third kappa shape index (κ3) is 6.24. The van der Waals surface area contributed by atoms with Crippen molar-refractivity contribution in [3.05, 3.63) is 92.4 Å². The van der Waals surface area contributed by atoms with Gasteiger partial charge >= 0.3 is 17.8 Å². The number of pyridine rings is 1. The van der Waals surface area contributed by atoms with Gasteiger partial charge in [0.15, 0.2) is 0 Å². The van der Waals surface area contributed by atoms with Gasteiger partial charge in [0.25, 0.3) is 11.5 Å². The van der Waals surface area contributed by atoms with Crippen molar-refractivity contribution in [3.8, 4) is 11.1 Å². The Balaban J connectivity index is 1.66. The van der Waals surface area contributed by atoms with Gasteiger partial charge in [0.05, 0.1) is 11.1 Å². The van der Waals surface area contributed by atoms with Gasteiger partial charge in [0.1, 0.15) is 29.3 Å². The van der Waals surface area contributed by atoms with Crippen molar-refractivity contribution in [2.45, 2.75) is 31.6 Å². The number of benzene rings is 2. The normalized spacial score (nSPS) is 13.0. The minimum absolute atomic E-state index is 0.149. The average Bonchev–Trinajstić information content (AvgIpc) is 2.92. The summed E-state index contributed by atoms with van der Waals surface area (Å²) in [6.45, 7) is 0.738. The summed E-state index contributed by atoms with van der Waals surface area (Å²) in [4.78, 5) is 54.2. The van der Waals surface area contributed by atoms with Crippen LogP contribution in [0.1, 0.15) is 22.8 Å². The molecule has 43 heavy (non-hydrogen) atoms. The average molecular weight is 606 g/mol. The molecule has 2 aromatic carbocycles. The van der Waals surface area contributed by atoms with Crippen LogP contribution >= 0.6 is 0 Å². The molecular weight excluding hydrogens is 581 g/mol. The van der Waals surface area contributed by atoms with E-state index in [9.17, 15) is 46.2 Å². The van der Waals surface area contributed by atoms with E-state index in [1.165, 1.54) is 43.2 Å². The largest absolute Gasteiger partial charge is 0.480 e. The Morgan fingerprint density at radius 3 is 2.30 bits per heavy atom. The molecule has 3 N–H and O–H groups in total. The van der Waals surface area contributed by atoms with E-state index in [1.54, 1.807) is 12.1 Å². The fraction of sp³-hybridized carbons (Fsp3) is 0.250. The Labute approximate surface area is 239 Å². The molecule has 0 radical (unpaired) electrons. The van der Waals surface area contributed by atoms with E-state index in [-0.39, 0.29) is 12.0 Å². The number of halogens is 5. The number of carboxylic acids is 1. The number of fused-ring (bicyclic) bond motifs is 1. The SMILES string of the molecule is C[C@@H](Nc1cc(F)c(C(=O)N[C@@H](Cc2ccc(-c3cn(C)c(=O)n(C)c3=O)c3ncccc23)C(=O)O)c(F)c1)C(F)(F)F. The van der Waals surface area contributed by atoms with Crippen LogP contribution in [0, 0.1) is 11.6 Å². The molecule has 2 aromatic heterocycles. The minimum atomic E-state index is -4.70. The van der Waals surface area contributed by atoms with Crippen LogP contribution in [0.5, 0.6) is 0 Å². The third-order valence-electron chi connectivity index (χ3n) is 6.77. The van der Waals surface area contributed by atoms with Crippen LogP contribution < -0.4 is 21.9 Å². The van der Waals surface area contributed by atoms with Gasteiger partial charge in [0, 0.05) is 49.5 Å². The lowest BCUT2D eigenvalue weighted by atomic mass is 9.96. The molecule has 0 saturated carbocycles. The molecule has 0 saturated heterocycles. The van der Waals surface area contributed by atoms with Gasteiger partial charge in [-0.2, -0.15) is 13.2 Å². The molecule has 0 aliphatic heterocycles. The van der Waals surface area contributed by atoms with Crippen LogP contribution in [0.15, 0.2) is 58.4 Å². The lowest BCUT2D eigenvalue weighted by molar-refractivity contribution is -0.139. The molecule has 0 bridgehead atoms. The number of nitrogens with zero attached hydrogens (tertiary/aromatic N) is 3. The molecule has 2 atom stereocenters. The number of aliphatic carboxylic acids is 1. The minimum Gasteiger partial charge on any atom is -0.480 e. The molecular formula is C28H24F5N5O5. The van der Waals surface area contributed by atoms with E-state index in [4.69, 9.17) is 0 Å². The molecule has 0 aliphatic carbocycles. The highest BCUT2D eigenvalue weighted by Crippen LogP contribution is 2.29. The molecule has 2 heterocycles. The molecule has 0 spiro atoms. The highest BCUT2D eigenvalue weighted by atomic mass is 19.4. The Bertz CT molecular complexity index is 1840. The third-order valence-corrected chi connectivity index (χ3v) is 6.77. The van der Waals surface area contributed by atoms with Crippen molar-refractivity contribution >= 4 is 28.5 Å². The van der Waals surface area contributed by atoms with E-state index >= 15 is 0 Å². The zero-order chi connectivity index (χ0) is 31.8. The topological polar surface area (TPSA) is 135 Å². The van der Waals surface area contributed by atoms with Crippen molar-refractivity contribution < 1.29 is 36.6 Å². The highest BCUT2D eigenvalue weighted by molar-refractivity contribution is 5.98. The number of nitrogens with one attached hydrogen (secondary N) is 2. The van der Waals surface area contributed by atoms with Crippen molar-refractivity contribution in [1.29, 1.82) is 0 Å². The van der Waals surface area contributed by atoms with Crippen LogP contribution in [0.3, 0.4) is 0 Å².